The van der Waals surface area contributed by atoms with Crippen LogP contribution in [0.5, 0.6) is 0 Å². The predicted molar refractivity (Wildman–Crippen MR) is 110 cm³/mol. The molecule has 0 aliphatic carbocycles. The Hall–Kier alpha value is -2.20. The average molecular weight is 421 g/mol. The molecule has 2 aliphatic rings. The SMILES string of the molecule is Cc1noc(C)c1S(=O)(=O)N1CCN(c2ccc(N3CCCCC3C)nn2)CC1. The fourth-order valence-corrected chi connectivity index (χ4v) is 5.92. The predicted octanol–water partition coefficient (Wildman–Crippen LogP) is 1.97. The Balaban J connectivity index is 1.42. The van der Waals surface area contributed by atoms with Crippen molar-refractivity contribution >= 4 is 21.7 Å². The Morgan fingerprint density at radius 1 is 1.00 bits per heavy atom. The van der Waals surface area contributed by atoms with Crippen LogP contribution in [0.4, 0.5) is 11.6 Å². The van der Waals surface area contributed by atoms with Crippen LogP contribution in [0.3, 0.4) is 0 Å². The lowest BCUT2D eigenvalue weighted by atomic mass is 10.0. The Kier molecular flexibility index (Phi) is 5.48. The van der Waals surface area contributed by atoms with Crippen LogP contribution in [0.15, 0.2) is 21.6 Å². The van der Waals surface area contributed by atoms with Gasteiger partial charge >= 0.3 is 0 Å². The zero-order valence-electron chi connectivity index (χ0n) is 17.2. The maximum absolute atomic E-state index is 13.0. The average Bonchev–Trinajstić information content (AvgIpc) is 3.07. The molecule has 1 unspecified atom stereocenters. The molecule has 1 atom stereocenters. The number of piperazine rings is 1. The number of rotatable bonds is 4. The lowest BCUT2D eigenvalue weighted by molar-refractivity contribution is 0.377. The quantitative estimate of drug-likeness (QED) is 0.741. The van der Waals surface area contributed by atoms with E-state index in [1.807, 2.05) is 12.1 Å². The number of piperidine rings is 1. The van der Waals surface area contributed by atoms with Gasteiger partial charge in [0.25, 0.3) is 0 Å². The van der Waals surface area contributed by atoms with Crippen LogP contribution in [-0.4, -0.2) is 66.8 Å². The Morgan fingerprint density at radius 2 is 1.69 bits per heavy atom. The van der Waals surface area contributed by atoms with E-state index in [1.165, 1.54) is 23.6 Å². The van der Waals surface area contributed by atoms with Gasteiger partial charge in [-0.25, -0.2) is 8.42 Å². The fourth-order valence-electron chi connectivity index (χ4n) is 4.21. The Labute approximate surface area is 171 Å². The van der Waals surface area contributed by atoms with Crippen molar-refractivity contribution in [2.24, 2.45) is 0 Å². The molecule has 0 amide bonds. The lowest BCUT2D eigenvalue weighted by Crippen LogP contribution is -2.49. The van der Waals surface area contributed by atoms with Gasteiger partial charge in [0, 0.05) is 38.8 Å². The first-order chi connectivity index (χ1) is 13.9. The summed E-state index contributed by atoms with van der Waals surface area (Å²) in [7, 11) is -3.61. The van der Waals surface area contributed by atoms with Crippen molar-refractivity contribution in [3.8, 4) is 0 Å². The van der Waals surface area contributed by atoms with Gasteiger partial charge in [0.05, 0.1) is 0 Å². The molecule has 2 aliphatic heterocycles. The maximum Gasteiger partial charge on any atom is 0.248 e. The molecule has 2 aromatic heterocycles. The van der Waals surface area contributed by atoms with Crippen LogP contribution in [0, 0.1) is 13.8 Å². The van der Waals surface area contributed by atoms with E-state index in [0.717, 1.165) is 18.2 Å². The summed E-state index contributed by atoms with van der Waals surface area (Å²) in [4.78, 5) is 4.58. The van der Waals surface area contributed by atoms with E-state index in [2.05, 4.69) is 32.1 Å². The minimum atomic E-state index is -3.61. The van der Waals surface area contributed by atoms with E-state index in [-0.39, 0.29) is 4.90 Å². The molecule has 0 N–H and O–H groups in total. The second-order valence-corrected chi connectivity index (χ2v) is 9.71. The molecule has 0 radical (unpaired) electrons. The van der Waals surface area contributed by atoms with Crippen molar-refractivity contribution in [1.29, 1.82) is 0 Å². The van der Waals surface area contributed by atoms with Crippen LogP contribution in [0.2, 0.25) is 0 Å². The number of aromatic nitrogens is 3. The largest absolute Gasteiger partial charge is 0.360 e. The van der Waals surface area contributed by atoms with Gasteiger partial charge in [-0.15, -0.1) is 10.2 Å². The molecular formula is C19H28N6O3S. The normalized spacial score (nSPS) is 21.6. The number of hydrogen-bond donors (Lipinski definition) is 0. The highest BCUT2D eigenvalue weighted by Gasteiger charge is 2.33. The van der Waals surface area contributed by atoms with Gasteiger partial charge in [0.1, 0.15) is 10.6 Å². The van der Waals surface area contributed by atoms with E-state index in [0.29, 0.717) is 43.7 Å². The van der Waals surface area contributed by atoms with Crippen molar-refractivity contribution in [1.82, 2.24) is 19.7 Å². The van der Waals surface area contributed by atoms with E-state index < -0.39 is 10.0 Å². The molecule has 2 saturated heterocycles. The van der Waals surface area contributed by atoms with Gasteiger partial charge in [0.15, 0.2) is 17.4 Å². The number of sulfonamides is 1. The molecule has 2 fully saturated rings. The van der Waals surface area contributed by atoms with E-state index >= 15 is 0 Å². The third-order valence-electron chi connectivity index (χ3n) is 5.86. The van der Waals surface area contributed by atoms with Crippen molar-refractivity contribution in [2.45, 2.75) is 51.0 Å². The van der Waals surface area contributed by atoms with Gasteiger partial charge in [-0.2, -0.15) is 4.31 Å². The highest BCUT2D eigenvalue weighted by molar-refractivity contribution is 7.89. The number of anilines is 2. The van der Waals surface area contributed by atoms with Crippen molar-refractivity contribution < 1.29 is 12.9 Å². The summed E-state index contributed by atoms with van der Waals surface area (Å²) in [6, 6.07) is 4.50. The second-order valence-electron chi connectivity index (χ2n) is 7.83. The third-order valence-corrected chi connectivity index (χ3v) is 8.01. The standard InChI is InChI=1S/C19H28N6O3S/c1-14-6-4-5-9-25(14)18-8-7-17(20-21-18)23-10-12-24(13-11-23)29(26,27)19-15(2)22-28-16(19)3/h7-8,14H,4-6,9-13H2,1-3H3. The minimum Gasteiger partial charge on any atom is -0.360 e. The summed E-state index contributed by atoms with van der Waals surface area (Å²) < 4.78 is 32.5. The minimum absolute atomic E-state index is 0.186. The van der Waals surface area contributed by atoms with Crippen molar-refractivity contribution in [2.75, 3.05) is 42.5 Å². The third kappa shape index (κ3) is 3.83. The van der Waals surface area contributed by atoms with Gasteiger partial charge in [0.2, 0.25) is 10.0 Å². The molecule has 2 aromatic rings. The molecular weight excluding hydrogens is 392 g/mol. The first-order valence-corrected chi connectivity index (χ1v) is 11.6. The Morgan fingerprint density at radius 3 is 2.28 bits per heavy atom. The molecule has 0 aromatic carbocycles. The number of hydrogen-bond acceptors (Lipinski definition) is 8. The highest BCUT2D eigenvalue weighted by atomic mass is 32.2. The number of nitrogens with zero attached hydrogens (tertiary/aromatic N) is 6. The van der Waals surface area contributed by atoms with Crippen LogP contribution < -0.4 is 9.80 Å². The molecule has 0 spiro atoms. The smallest absolute Gasteiger partial charge is 0.248 e. The molecule has 0 saturated carbocycles. The summed E-state index contributed by atoms with van der Waals surface area (Å²) in [6.07, 6.45) is 3.64. The molecule has 9 nitrogen and oxygen atoms in total. The molecule has 0 bridgehead atoms. The van der Waals surface area contributed by atoms with Crippen LogP contribution in [0.1, 0.15) is 37.6 Å². The van der Waals surface area contributed by atoms with E-state index in [9.17, 15) is 8.42 Å². The van der Waals surface area contributed by atoms with Gasteiger partial charge in [-0.1, -0.05) is 5.16 Å². The topological polar surface area (TPSA) is 95.7 Å². The molecule has 29 heavy (non-hydrogen) atoms. The van der Waals surface area contributed by atoms with Crippen molar-refractivity contribution in [3.05, 3.63) is 23.6 Å². The first-order valence-electron chi connectivity index (χ1n) is 10.2. The van der Waals surface area contributed by atoms with Gasteiger partial charge in [-0.3, -0.25) is 0 Å². The van der Waals surface area contributed by atoms with Gasteiger partial charge < -0.3 is 14.3 Å². The zero-order valence-corrected chi connectivity index (χ0v) is 18.0. The summed E-state index contributed by atoms with van der Waals surface area (Å²) in [6.45, 7) is 8.44. The fraction of sp³-hybridized carbons (Fsp3) is 0.632. The second kappa shape index (κ2) is 7.91. The van der Waals surface area contributed by atoms with E-state index in [1.54, 1.807) is 13.8 Å². The Bertz CT molecular complexity index is 931. The monoisotopic (exact) mass is 420 g/mol. The van der Waals surface area contributed by atoms with Gasteiger partial charge in [-0.05, 0) is 52.2 Å². The van der Waals surface area contributed by atoms with E-state index in [4.69, 9.17) is 4.52 Å². The summed E-state index contributed by atoms with van der Waals surface area (Å²) in [5, 5.41) is 12.6. The lowest BCUT2D eigenvalue weighted by Gasteiger charge is -2.35. The molecule has 4 heterocycles. The highest BCUT2D eigenvalue weighted by Crippen LogP contribution is 2.26. The molecule has 10 heteroatoms. The zero-order chi connectivity index (χ0) is 20.6. The van der Waals surface area contributed by atoms with Crippen LogP contribution >= 0.6 is 0 Å². The van der Waals surface area contributed by atoms with Crippen LogP contribution in [0.25, 0.3) is 0 Å². The number of aryl methyl sites for hydroxylation is 2. The molecule has 4 rings (SSSR count). The van der Waals surface area contributed by atoms with Crippen LogP contribution in [-0.2, 0) is 10.0 Å². The summed E-state index contributed by atoms with van der Waals surface area (Å²) >= 11 is 0. The maximum atomic E-state index is 13.0. The first kappa shape index (κ1) is 20.1. The summed E-state index contributed by atoms with van der Waals surface area (Å²) in [5.74, 6) is 2.03. The molecule has 158 valence electrons. The van der Waals surface area contributed by atoms with Crippen molar-refractivity contribution in [3.63, 3.8) is 0 Å². The summed E-state index contributed by atoms with van der Waals surface area (Å²) in [5.41, 5.74) is 0.401.